The van der Waals surface area contributed by atoms with E-state index in [2.05, 4.69) is 22.6 Å². The van der Waals surface area contributed by atoms with Gasteiger partial charge in [0.2, 0.25) is 0 Å². The third-order valence-electron chi connectivity index (χ3n) is 2.78. The fourth-order valence-corrected chi connectivity index (χ4v) is 2.23. The van der Waals surface area contributed by atoms with Gasteiger partial charge in [0.15, 0.2) is 0 Å². The van der Waals surface area contributed by atoms with Gasteiger partial charge in [0.1, 0.15) is 11.3 Å². The van der Waals surface area contributed by atoms with Crippen LogP contribution in [0.5, 0.6) is 5.75 Å². The number of aromatic hydroxyl groups is 1. The second-order valence-electron chi connectivity index (χ2n) is 4.06. The van der Waals surface area contributed by atoms with E-state index < -0.39 is 0 Å². The number of aromatic nitrogens is 1. The lowest BCUT2D eigenvalue weighted by Crippen LogP contribution is -2.05. The zero-order chi connectivity index (χ0) is 13.1. The van der Waals surface area contributed by atoms with Crippen LogP contribution in [-0.2, 0) is 0 Å². The van der Waals surface area contributed by atoms with Crippen LogP contribution in [-0.4, -0.2) is 28.1 Å². The first-order chi connectivity index (χ1) is 8.67. The molecule has 0 saturated carbocycles. The largest absolute Gasteiger partial charge is 0.506 e. The molecular weight excluding hydrogens is 244 g/mol. The molecule has 1 aromatic carbocycles. The molecule has 2 aromatic rings. The molecule has 0 radical (unpaired) electrons. The minimum Gasteiger partial charge on any atom is -0.506 e. The second kappa shape index (κ2) is 5.40. The fraction of sp³-hybridized carbons (Fsp3) is 0.286. The number of aryl methyl sites for hydroxylation is 1. The number of fused-ring (bicyclic) bond motifs is 1. The van der Waals surface area contributed by atoms with Gasteiger partial charge in [-0.2, -0.15) is 12.6 Å². The van der Waals surface area contributed by atoms with E-state index in [0.717, 1.165) is 28.9 Å². The summed E-state index contributed by atoms with van der Waals surface area (Å²) in [6.07, 6.45) is 0. The Morgan fingerprint density at radius 3 is 2.78 bits per heavy atom. The number of hydrogen-bond acceptors (Lipinski definition) is 4. The average Bonchev–Trinajstić information content (AvgIpc) is 2.37. The lowest BCUT2D eigenvalue weighted by atomic mass is 10.0. The highest BCUT2D eigenvalue weighted by molar-refractivity contribution is 7.81. The first kappa shape index (κ1) is 12.9. The van der Waals surface area contributed by atoms with Crippen molar-refractivity contribution in [1.82, 2.24) is 4.98 Å². The molecule has 3 nitrogen and oxygen atoms in total. The lowest BCUT2D eigenvalue weighted by Gasteiger charge is -2.09. The number of phenols is 1. The lowest BCUT2D eigenvalue weighted by molar-refractivity contribution is 0.480. The number of nitrogens with zero attached hydrogens (tertiary/aromatic N) is 2. The van der Waals surface area contributed by atoms with Gasteiger partial charge < -0.3 is 5.11 Å². The van der Waals surface area contributed by atoms with Gasteiger partial charge in [-0.1, -0.05) is 6.07 Å². The number of benzene rings is 1. The number of rotatable bonds is 3. The van der Waals surface area contributed by atoms with E-state index in [-0.39, 0.29) is 5.75 Å². The number of pyridine rings is 1. The van der Waals surface area contributed by atoms with Gasteiger partial charge in [-0.05, 0) is 32.0 Å². The number of phenolic OH excluding ortho intramolecular Hbond substituents is 1. The second-order valence-corrected chi connectivity index (χ2v) is 4.38. The molecular formula is C14H16N2OS. The van der Waals surface area contributed by atoms with E-state index in [1.165, 1.54) is 0 Å². The van der Waals surface area contributed by atoms with E-state index in [0.29, 0.717) is 11.3 Å². The molecule has 0 aliphatic heterocycles. The fourth-order valence-electron chi connectivity index (χ4n) is 1.96. The molecule has 18 heavy (non-hydrogen) atoms. The van der Waals surface area contributed by atoms with Crippen molar-refractivity contribution in [2.45, 2.75) is 13.8 Å². The van der Waals surface area contributed by atoms with Crippen molar-refractivity contribution in [3.05, 3.63) is 35.5 Å². The molecule has 0 saturated heterocycles. The van der Waals surface area contributed by atoms with Crippen molar-refractivity contribution < 1.29 is 5.11 Å². The predicted molar refractivity (Wildman–Crippen MR) is 79.1 cm³/mol. The Kier molecular flexibility index (Phi) is 3.87. The van der Waals surface area contributed by atoms with Crippen molar-refractivity contribution in [2.75, 3.05) is 12.3 Å². The molecule has 4 heteroatoms. The summed E-state index contributed by atoms with van der Waals surface area (Å²) in [5.41, 5.74) is 3.43. The van der Waals surface area contributed by atoms with Crippen LogP contribution in [0.15, 0.2) is 29.3 Å². The SMILES string of the molecule is CCN=C(CS)c1ccc(O)c2nc(C)ccc12. The third-order valence-corrected chi connectivity index (χ3v) is 3.08. The van der Waals surface area contributed by atoms with Crippen LogP contribution in [0.4, 0.5) is 0 Å². The quantitative estimate of drug-likeness (QED) is 0.658. The standard InChI is InChI=1S/C14H16N2OS/c1-3-15-12(8-18)10-6-7-13(17)14-11(10)5-4-9(2)16-14/h4-7,17-18H,3,8H2,1-2H3. The average molecular weight is 260 g/mol. The molecule has 0 aliphatic rings. The summed E-state index contributed by atoms with van der Waals surface area (Å²) in [6.45, 7) is 4.62. The summed E-state index contributed by atoms with van der Waals surface area (Å²) in [6, 6.07) is 7.45. The monoisotopic (exact) mass is 260 g/mol. The summed E-state index contributed by atoms with van der Waals surface area (Å²) in [4.78, 5) is 8.83. The molecule has 0 amide bonds. The maximum Gasteiger partial charge on any atom is 0.141 e. The van der Waals surface area contributed by atoms with Gasteiger partial charge in [-0.3, -0.25) is 4.99 Å². The first-order valence-corrected chi connectivity index (χ1v) is 6.54. The predicted octanol–water partition coefficient (Wildman–Crippen LogP) is 2.99. The topological polar surface area (TPSA) is 45.5 Å². The molecule has 1 N–H and O–H groups in total. The highest BCUT2D eigenvalue weighted by Gasteiger charge is 2.10. The Morgan fingerprint density at radius 2 is 2.11 bits per heavy atom. The molecule has 0 spiro atoms. The Morgan fingerprint density at radius 1 is 1.33 bits per heavy atom. The maximum atomic E-state index is 9.88. The summed E-state index contributed by atoms with van der Waals surface area (Å²) in [5, 5.41) is 10.8. The van der Waals surface area contributed by atoms with Gasteiger partial charge >= 0.3 is 0 Å². The summed E-state index contributed by atoms with van der Waals surface area (Å²) in [7, 11) is 0. The normalized spacial score (nSPS) is 12.1. The van der Waals surface area contributed by atoms with Gasteiger partial charge in [0.05, 0.1) is 5.71 Å². The van der Waals surface area contributed by atoms with Crippen LogP contribution in [0.2, 0.25) is 0 Å². The number of aliphatic imine (C=N–C) groups is 1. The van der Waals surface area contributed by atoms with Gasteiger partial charge in [-0.15, -0.1) is 0 Å². The molecule has 1 heterocycles. The van der Waals surface area contributed by atoms with E-state index in [1.807, 2.05) is 32.0 Å². The van der Waals surface area contributed by atoms with E-state index in [4.69, 9.17) is 0 Å². The first-order valence-electron chi connectivity index (χ1n) is 5.91. The van der Waals surface area contributed by atoms with Crippen LogP contribution < -0.4 is 0 Å². The van der Waals surface area contributed by atoms with Crippen molar-refractivity contribution in [3.63, 3.8) is 0 Å². The highest BCUT2D eigenvalue weighted by Crippen LogP contribution is 2.27. The number of hydrogen-bond donors (Lipinski definition) is 2. The van der Waals surface area contributed by atoms with Gasteiger partial charge in [0.25, 0.3) is 0 Å². The molecule has 0 unspecified atom stereocenters. The molecule has 1 aromatic heterocycles. The van der Waals surface area contributed by atoms with Gasteiger partial charge in [-0.25, -0.2) is 4.98 Å². The van der Waals surface area contributed by atoms with Crippen LogP contribution in [0.1, 0.15) is 18.2 Å². The van der Waals surface area contributed by atoms with Crippen molar-refractivity contribution >= 4 is 29.2 Å². The molecule has 0 aliphatic carbocycles. The van der Waals surface area contributed by atoms with E-state index in [1.54, 1.807) is 6.07 Å². The molecule has 2 rings (SSSR count). The van der Waals surface area contributed by atoms with Crippen LogP contribution in [0.3, 0.4) is 0 Å². The Hall–Kier alpha value is -1.55. The molecule has 94 valence electrons. The third kappa shape index (κ3) is 2.34. The van der Waals surface area contributed by atoms with E-state index in [9.17, 15) is 5.11 Å². The van der Waals surface area contributed by atoms with Crippen molar-refractivity contribution in [1.29, 1.82) is 0 Å². The summed E-state index contributed by atoms with van der Waals surface area (Å²) >= 11 is 4.32. The zero-order valence-electron chi connectivity index (χ0n) is 10.5. The summed E-state index contributed by atoms with van der Waals surface area (Å²) in [5.74, 6) is 0.772. The van der Waals surface area contributed by atoms with Crippen molar-refractivity contribution in [2.24, 2.45) is 4.99 Å². The molecule has 0 bridgehead atoms. The van der Waals surface area contributed by atoms with Crippen LogP contribution in [0, 0.1) is 6.92 Å². The minimum atomic E-state index is 0.201. The minimum absolute atomic E-state index is 0.201. The van der Waals surface area contributed by atoms with Crippen LogP contribution in [0.25, 0.3) is 10.9 Å². The Balaban J connectivity index is 2.73. The molecule has 0 atom stereocenters. The Bertz CT molecular complexity index is 608. The van der Waals surface area contributed by atoms with Crippen molar-refractivity contribution in [3.8, 4) is 5.75 Å². The number of thiol groups is 1. The Labute approximate surface area is 112 Å². The summed E-state index contributed by atoms with van der Waals surface area (Å²) < 4.78 is 0. The maximum absolute atomic E-state index is 9.88. The smallest absolute Gasteiger partial charge is 0.141 e. The van der Waals surface area contributed by atoms with Gasteiger partial charge in [0, 0.05) is 28.9 Å². The highest BCUT2D eigenvalue weighted by atomic mass is 32.1. The van der Waals surface area contributed by atoms with E-state index >= 15 is 0 Å². The zero-order valence-corrected chi connectivity index (χ0v) is 11.4. The molecule has 0 fully saturated rings. The van der Waals surface area contributed by atoms with Crippen LogP contribution >= 0.6 is 12.6 Å².